The Hall–Kier alpha value is -3.44. The highest BCUT2D eigenvalue weighted by atomic mass is 19.4. The molecular formula is C18H19F3N6O3. The van der Waals surface area contributed by atoms with Crippen LogP contribution in [-0.2, 0) is 4.79 Å². The molecule has 3 aromatic rings. The number of carbonyl (C=O) groups excluding carboxylic acids is 2. The van der Waals surface area contributed by atoms with Gasteiger partial charge < -0.3 is 20.6 Å². The van der Waals surface area contributed by atoms with E-state index in [1.54, 1.807) is 0 Å². The fourth-order valence-corrected chi connectivity index (χ4v) is 3.03. The van der Waals surface area contributed by atoms with E-state index in [2.05, 4.69) is 15.1 Å². The first-order valence-electron chi connectivity index (χ1n) is 8.99. The minimum absolute atomic E-state index is 0.155. The molecule has 1 saturated carbocycles. The Balaban J connectivity index is 0.000000377. The summed E-state index contributed by atoms with van der Waals surface area (Å²) in [5.41, 5.74) is 13.8. The maximum absolute atomic E-state index is 12.0. The Kier molecular flexibility index (Phi) is 5.51. The third-order valence-electron chi connectivity index (χ3n) is 4.50. The van der Waals surface area contributed by atoms with Crippen molar-refractivity contribution < 1.29 is 27.3 Å². The molecule has 12 heteroatoms. The van der Waals surface area contributed by atoms with Crippen LogP contribution in [0.25, 0.3) is 22.3 Å². The Morgan fingerprint density at radius 1 is 1.33 bits per heavy atom. The van der Waals surface area contributed by atoms with E-state index in [0.717, 1.165) is 12.8 Å². The zero-order valence-electron chi connectivity index (χ0n) is 16.1. The molecule has 0 atom stereocenters. The van der Waals surface area contributed by atoms with Crippen LogP contribution in [0.1, 0.15) is 54.8 Å². The van der Waals surface area contributed by atoms with Gasteiger partial charge in [-0.3, -0.25) is 9.59 Å². The van der Waals surface area contributed by atoms with Crippen LogP contribution in [0.4, 0.5) is 19.0 Å². The summed E-state index contributed by atoms with van der Waals surface area (Å²) in [6.45, 7) is 4.07. The number of fused-ring (bicyclic) bond motifs is 1. The highest BCUT2D eigenvalue weighted by Crippen LogP contribution is 2.45. The van der Waals surface area contributed by atoms with Gasteiger partial charge in [0, 0.05) is 23.7 Å². The predicted octanol–water partition coefficient (Wildman–Crippen LogP) is 2.97. The van der Waals surface area contributed by atoms with Gasteiger partial charge in [-0.15, -0.1) is 0 Å². The first-order chi connectivity index (χ1) is 14.0. The maximum Gasteiger partial charge on any atom is 0.446 e. The fourth-order valence-electron chi connectivity index (χ4n) is 3.03. The minimum atomic E-state index is -4.64. The molecular weight excluding hydrogens is 405 g/mol. The lowest BCUT2D eigenvalue weighted by Crippen LogP contribution is -2.13. The first kappa shape index (κ1) is 21.3. The largest absolute Gasteiger partial charge is 0.446 e. The number of nitrogens with two attached hydrogens (primary N) is 2. The van der Waals surface area contributed by atoms with Gasteiger partial charge in [0.1, 0.15) is 29.0 Å². The number of nitrogens with zero attached hydrogens (tertiary/aromatic N) is 4. The van der Waals surface area contributed by atoms with E-state index in [0.29, 0.717) is 39.4 Å². The first-order valence-corrected chi connectivity index (χ1v) is 8.99. The van der Waals surface area contributed by atoms with Gasteiger partial charge in [-0.2, -0.15) is 13.2 Å². The average Bonchev–Trinajstić information content (AvgIpc) is 3.27. The van der Waals surface area contributed by atoms with Crippen molar-refractivity contribution in [3.8, 4) is 11.3 Å². The molecule has 1 aliphatic carbocycles. The highest BCUT2D eigenvalue weighted by molar-refractivity contribution is 6.06. The summed E-state index contributed by atoms with van der Waals surface area (Å²) in [6, 6.07) is 0.155. The summed E-state index contributed by atoms with van der Waals surface area (Å²) in [7, 11) is 0. The van der Waals surface area contributed by atoms with E-state index in [1.165, 1.54) is 6.33 Å². The smallest absolute Gasteiger partial charge is 0.383 e. The zero-order valence-corrected chi connectivity index (χ0v) is 16.1. The Morgan fingerprint density at radius 2 is 1.97 bits per heavy atom. The van der Waals surface area contributed by atoms with E-state index in [4.69, 9.17) is 20.8 Å². The average molecular weight is 424 g/mol. The number of amides is 1. The van der Waals surface area contributed by atoms with Crippen molar-refractivity contribution in [1.82, 2.24) is 19.7 Å². The second-order valence-corrected chi connectivity index (χ2v) is 7.07. The van der Waals surface area contributed by atoms with Crippen LogP contribution in [0, 0.1) is 0 Å². The number of aldehydes is 1. The molecule has 0 aromatic carbocycles. The summed E-state index contributed by atoms with van der Waals surface area (Å²) >= 11 is 0. The van der Waals surface area contributed by atoms with Crippen LogP contribution in [0.15, 0.2) is 17.0 Å². The van der Waals surface area contributed by atoms with E-state index in [9.17, 15) is 18.0 Å². The zero-order chi connectivity index (χ0) is 22.2. The van der Waals surface area contributed by atoms with Crippen LogP contribution in [0.2, 0.25) is 0 Å². The molecule has 0 bridgehead atoms. The molecule has 0 saturated heterocycles. The van der Waals surface area contributed by atoms with Crippen molar-refractivity contribution >= 4 is 29.0 Å². The van der Waals surface area contributed by atoms with E-state index in [1.807, 2.05) is 24.6 Å². The molecule has 3 aromatic heterocycles. The predicted molar refractivity (Wildman–Crippen MR) is 100 cm³/mol. The summed E-state index contributed by atoms with van der Waals surface area (Å²) in [5.74, 6) is 0.578. The van der Waals surface area contributed by atoms with Crippen LogP contribution < -0.4 is 11.5 Å². The van der Waals surface area contributed by atoms with Gasteiger partial charge in [0.05, 0.1) is 5.39 Å². The van der Waals surface area contributed by atoms with Gasteiger partial charge in [0.25, 0.3) is 5.91 Å². The Labute approximate surface area is 168 Å². The SMILES string of the molecule is CC(C)n1cc(-c2noc(C3CC3)c2C(N)=O)c2c(N)ncnc21.O=CC(F)(F)F. The summed E-state index contributed by atoms with van der Waals surface area (Å²) < 4.78 is 38.7. The van der Waals surface area contributed by atoms with E-state index in [-0.39, 0.29) is 12.0 Å². The maximum atomic E-state index is 12.0. The third kappa shape index (κ3) is 4.11. The lowest BCUT2D eigenvalue weighted by atomic mass is 10.0. The van der Waals surface area contributed by atoms with Gasteiger partial charge in [-0.1, -0.05) is 5.16 Å². The second kappa shape index (κ2) is 7.76. The van der Waals surface area contributed by atoms with Gasteiger partial charge in [0.15, 0.2) is 5.76 Å². The van der Waals surface area contributed by atoms with Crippen LogP contribution in [0.5, 0.6) is 0 Å². The number of halogens is 3. The molecule has 1 aliphatic rings. The number of nitrogen functional groups attached to an aromatic ring is 1. The van der Waals surface area contributed by atoms with Gasteiger partial charge in [-0.05, 0) is 26.7 Å². The van der Waals surface area contributed by atoms with Gasteiger partial charge >= 0.3 is 6.18 Å². The number of anilines is 1. The summed E-state index contributed by atoms with van der Waals surface area (Å²) in [6.07, 6.45) is -0.441. The van der Waals surface area contributed by atoms with Crippen molar-refractivity contribution in [3.05, 3.63) is 23.8 Å². The van der Waals surface area contributed by atoms with Crippen molar-refractivity contribution in [3.63, 3.8) is 0 Å². The molecule has 4 N–H and O–H groups in total. The molecule has 160 valence electrons. The molecule has 4 rings (SSSR count). The number of hydrogen-bond donors (Lipinski definition) is 2. The highest BCUT2D eigenvalue weighted by Gasteiger charge is 2.35. The molecule has 0 aliphatic heterocycles. The van der Waals surface area contributed by atoms with Crippen molar-refractivity contribution in [2.45, 2.75) is 44.8 Å². The number of hydrogen-bond acceptors (Lipinski definition) is 7. The number of carbonyl (C=O) groups is 2. The van der Waals surface area contributed by atoms with Gasteiger partial charge in [-0.25, -0.2) is 9.97 Å². The molecule has 9 nitrogen and oxygen atoms in total. The fraction of sp³-hybridized carbons (Fsp3) is 0.389. The summed E-state index contributed by atoms with van der Waals surface area (Å²) in [5, 5.41) is 4.79. The molecule has 0 unspecified atom stereocenters. The van der Waals surface area contributed by atoms with E-state index < -0.39 is 18.4 Å². The standard InChI is InChI=1S/C16H18N6O2.C2HF3O/c1-7(2)22-5-9(10-14(17)19-6-20-16(10)22)12-11(15(18)23)13(24-21-12)8-3-4-8;3-2(4,5)1-6/h5-8H,3-4H2,1-2H3,(H2,18,23)(H2,17,19,20);1H. The van der Waals surface area contributed by atoms with Crippen molar-refractivity contribution in [2.75, 3.05) is 5.73 Å². The number of alkyl halides is 3. The van der Waals surface area contributed by atoms with Gasteiger partial charge in [0.2, 0.25) is 6.29 Å². The second-order valence-electron chi connectivity index (χ2n) is 7.07. The lowest BCUT2D eigenvalue weighted by molar-refractivity contribution is -0.156. The Bertz CT molecular complexity index is 1100. The number of aromatic nitrogens is 4. The van der Waals surface area contributed by atoms with Crippen LogP contribution >= 0.6 is 0 Å². The summed E-state index contributed by atoms with van der Waals surface area (Å²) in [4.78, 5) is 29.1. The van der Waals surface area contributed by atoms with Crippen LogP contribution in [-0.4, -0.2) is 38.1 Å². The van der Waals surface area contributed by atoms with E-state index >= 15 is 0 Å². The molecule has 0 radical (unpaired) electrons. The lowest BCUT2D eigenvalue weighted by Gasteiger charge is -2.07. The molecule has 0 spiro atoms. The molecule has 3 heterocycles. The Morgan fingerprint density at radius 3 is 2.47 bits per heavy atom. The van der Waals surface area contributed by atoms with Crippen LogP contribution in [0.3, 0.4) is 0 Å². The monoisotopic (exact) mass is 424 g/mol. The quantitative estimate of drug-likeness (QED) is 0.613. The third-order valence-corrected chi connectivity index (χ3v) is 4.50. The molecule has 30 heavy (non-hydrogen) atoms. The minimum Gasteiger partial charge on any atom is -0.383 e. The number of rotatable bonds is 4. The van der Waals surface area contributed by atoms with Crippen molar-refractivity contribution in [2.24, 2.45) is 5.73 Å². The molecule has 1 fully saturated rings. The van der Waals surface area contributed by atoms with Crippen molar-refractivity contribution in [1.29, 1.82) is 0 Å². The normalized spacial score (nSPS) is 13.9. The number of primary amides is 1. The topological polar surface area (TPSA) is 143 Å². The molecule has 1 amide bonds.